The van der Waals surface area contributed by atoms with Crippen LogP contribution >= 0.6 is 34.0 Å². The summed E-state index contributed by atoms with van der Waals surface area (Å²) in [7, 11) is 0. The SMILES string of the molecule is c1ccc(-c2ccc(-c3nc(-c4ccc5c(c4)oc4ccc(-c6ccccc6)cc45)nc(-c4ccc5c(c4)sc4ccccc45)n3)cc2)cc1.c1ccc(-c2ccc(-c3nc(-c4ccc5c(c4)oc4cccc(-c6ccccc6)c45)nc(-c4ccc5c(c4)sc4ccccc45)n3)cc2)cc1.c1ccc(-c2cccc(-c3nc(-c4cc(-c5ccccc5)c5c(c4)oc4ccccc45)nc(-c4ccc5c(c4)sc4ccccc45)n3)c2)cc1. The zero-order chi connectivity index (χ0) is 99.1. The van der Waals surface area contributed by atoms with Crippen LogP contribution in [0.25, 0.3) is 296 Å². The van der Waals surface area contributed by atoms with Gasteiger partial charge in [0.1, 0.15) is 33.5 Å². The molecule has 702 valence electrons. The zero-order valence-electron chi connectivity index (χ0n) is 80.2. The van der Waals surface area contributed by atoms with Gasteiger partial charge in [0.05, 0.1) is 0 Å². The molecule has 0 unspecified atom stereocenters. The standard InChI is InChI=1S/3C45H27N3OS/c1-3-12-28(13-4-1)30-16-11-17-31(24-30)43-46-44(32-22-23-35-34-18-8-10-21-40(34)50-41(35)27-32)48-45(47-43)33-25-37(29-14-5-2-6-15-29)42-36-19-7-9-20-38(36)49-39(42)26-33;1-3-10-28(11-4-1)29-18-20-31(21-19-29)43-46-44(48-45(47-43)33-22-24-36-35-14-7-8-17-40(35)50-41(36)27-33)32-23-25-37-39(26-32)49-38-16-9-15-34(42(37)38)30-12-5-2-6-13-30;1-3-9-28(10-4-1)30-15-17-31(18-16-30)43-46-44(48-45(47-43)34-20-23-37-36-13-7-8-14-41(36)50-42(37)27-34)33-19-22-35-38-25-32(29-11-5-2-6-12-29)21-24-39(38)49-40(35)26-33/h3*1-27H. The van der Waals surface area contributed by atoms with Gasteiger partial charge in [-0.15, -0.1) is 34.0 Å². The lowest BCUT2D eigenvalue weighted by atomic mass is 9.97. The first-order valence-corrected chi connectivity index (χ1v) is 52.2. The third kappa shape index (κ3) is 16.7. The van der Waals surface area contributed by atoms with Crippen LogP contribution in [0.4, 0.5) is 0 Å². The molecule has 0 radical (unpaired) electrons. The van der Waals surface area contributed by atoms with Crippen molar-refractivity contribution in [2.75, 3.05) is 0 Å². The number of fused-ring (bicyclic) bond motifs is 18. The van der Waals surface area contributed by atoms with Gasteiger partial charge in [0.15, 0.2) is 52.4 Å². The van der Waals surface area contributed by atoms with E-state index in [-0.39, 0.29) is 0 Å². The molecule has 0 atom stereocenters. The molecule has 9 aromatic heterocycles. The molecule has 0 amide bonds. The van der Waals surface area contributed by atoms with E-state index in [2.05, 4.69) is 431 Å². The Morgan fingerprint density at radius 3 is 0.840 bits per heavy atom. The second kappa shape index (κ2) is 37.7. The molecule has 150 heavy (non-hydrogen) atoms. The molecule has 0 N–H and O–H groups in total. The number of rotatable bonds is 15. The molecule has 0 aliphatic heterocycles. The van der Waals surface area contributed by atoms with Crippen LogP contribution in [0, 0.1) is 0 Å². The van der Waals surface area contributed by atoms with E-state index in [0.29, 0.717) is 52.4 Å². The summed E-state index contributed by atoms with van der Waals surface area (Å²) < 4.78 is 26.8. The second-order valence-corrected chi connectivity index (χ2v) is 40.5. The van der Waals surface area contributed by atoms with E-state index in [0.717, 1.165) is 166 Å². The fourth-order valence-electron chi connectivity index (χ4n) is 20.6. The van der Waals surface area contributed by atoms with Crippen LogP contribution in [0.2, 0.25) is 0 Å². The highest BCUT2D eigenvalue weighted by molar-refractivity contribution is 7.26. The normalized spacial score (nSPS) is 11.6. The van der Waals surface area contributed by atoms with E-state index in [9.17, 15) is 0 Å². The van der Waals surface area contributed by atoms with E-state index in [1.807, 2.05) is 60.7 Å². The van der Waals surface area contributed by atoms with Crippen molar-refractivity contribution in [1.29, 1.82) is 0 Å². The lowest BCUT2D eigenvalue weighted by Crippen LogP contribution is -2.00. The molecule has 0 aliphatic rings. The molecule has 30 aromatic rings. The van der Waals surface area contributed by atoms with Crippen molar-refractivity contribution in [2.45, 2.75) is 0 Å². The van der Waals surface area contributed by atoms with Gasteiger partial charge in [-0.3, -0.25) is 0 Å². The Bertz CT molecular complexity index is 10500. The minimum absolute atomic E-state index is 0.589. The predicted octanol–water partition coefficient (Wildman–Crippen LogP) is 37.4. The van der Waals surface area contributed by atoms with E-state index >= 15 is 0 Å². The number of nitrogens with zero attached hydrogens (tertiary/aromatic N) is 9. The van der Waals surface area contributed by atoms with Gasteiger partial charge in [-0.2, -0.15) is 0 Å². The molecule has 0 aliphatic carbocycles. The quantitative estimate of drug-likeness (QED) is 0.0959. The Labute approximate surface area is 872 Å². The third-order valence-corrected chi connectivity index (χ3v) is 31.4. The van der Waals surface area contributed by atoms with Crippen molar-refractivity contribution in [3.8, 4) is 169 Å². The topological polar surface area (TPSA) is 155 Å². The molecule has 30 rings (SSSR count). The van der Waals surface area contributed by atoms with E-state index < -0.39 is 0 Å². The number of thiophene rings is 3. The van der Waals surface area contributed by atoms with Crippen LogP contribution in [-0.2, 0) is 0 Å². The van der Waals surface area contributed by atoms with E-state index in [1.165, 1.54) is 77.2 Å². The molecule has 12 nitrogen and oxygen atoms in total. The summed E-state index contributed by atoms with van der Waals surface area (Å²) in [5.41, 5.74) is 26.9. The lowest BCUT2D eigenvalue weighted by molar-refractivity contribution is 0.668. The zero-order valence-corrected chi connectivity index (χ0v) is 82.7. The number of hydrogen-bond acceptors (Lipinski definition) is 15. The Kier molecular flexibility index (Phi) is 22.2. The molecule has 0 saturated heterocycles. The smallest absolute Gasteiger partial charge is 0.164 e. The molecule has 15 heteroatoms. The first-order chi connectivity index (χ1) is 74.2. The number of furan rings is 3. The number of benzene rings is 21. The van der Waals surface area contributed by atoms with Crippen molar-refractivity contribution >= 4 is 160 Å². The van der Waals surface area contributed by atoms with Crippen molar-refractivity contribution in [3.63, 3.8) is 0 Å². The molecular weight excluding hydrogens is 1890 g/mol. The fraction of sp³-hybridized carbons (Fsp3) is 0. The van der Waals surface area contributed by atoms with E-state index in [1.54, 1.807) is 34.0 Å². The van der Waals surface area contributed by atoms with Crippen LogP contribution in [0.5, 0.6) is 0 Å². The van der Waals surface area contributed by atoms with E-state index in [4.69, 9.17) is 58.1 Å². The van der Waals surface area contributed by atoms with Gasteiger partial charge in [0, 0.05) is 143 Å². The van der Waals surface area contributed by atoms with Gasteiger partial charge in [0.25, 0.3) is 0 Å². The highest BCUT2D eigenvalue weighted by Gasteiger charge is 2.25. The summed E-state index contributed by atoms with van der Waals surface area (Å²) >= 11 is 5.37. The number of aromatic nitrogens is 9. The summed E-state index contributed by atoms with van der Waals surface area (Å²) in [5.74, 6) is 5.54. The Hall–Kier alpha value is -19.3. The predicted molar refractivity (Wildman–Crippen MR) is 622 cm³/mol. The number of hydrogen-bond donors (Lipinski definition) is 0. The highest BCUT2D eigenvalue weighted by atomic mass is 32.1. The average Bonchev–Trinajstić information content (AvgIpc) is 1.58. The first-order valence-electron chi connectivity index (χ1n) is 49.8. The average molecular weight is 1970 g/mol. The van der Waals surface area contributed by atoms with Gasteiger partial charge in [-0.1, -0.05) is 388 Å². The van der Waals surface area contributed by atoms with Gasteiger partial charge in [-0.25, -0.2) is 44.9 Å². The maximum atomic E-state index is 6.48. The van der Waals surface area contributed by atoms with Crippen molar-refractivity contribution < 1.29 is 13.3 Å². The summed E-state index contributed by atoms with van der Waals surface area (Å²) in [6.07, 6.45) is 0. The minimum atomic E-state index is 0.589. The van der Waals surface area contributed by atoms with Crippen molar-refractivity contribution in [1.82, 2.24) is 44.9 Å². The minimum Gasteiger partial charge on any atom is -0.456 e. The lowest BCUT2D eigenvalue weighted by Gasteiger charge is -2.11. The van der Waals surface area contributed by atoms with Crippen LogP contribution in [0.15, 0.2) is 505 Å². The van der Waals surface area contributed by atoms with Gasteiger partial charge >= 0.3 is 0 Å². The molecule has 0 spiro atoms. The fourth-order valence-corrected chi connectivity index (χ4v) is 24.1. The van der Waals surface area contributed by atoms with Crippen LogP contribution < -0.4 is 0 Å². The Morgan fingerprint density at radius 2 is 0.380 bits per heavy atom. The summed E-state index contributed by atoms with van der Waals surface area (Å²) in [6, 6.07) is 171. The maximum absolute atomic E-state index is 6.48. The number of para-hydroxylation sites is 1. The summed E-state index contributed by atoms with van der Waals surface area (Å²) in [4.78, 5) is 45.9. The summed E-state index contributed by atoms with van der Waals surface area (Å²) in [5, 5.41) is 14.0. The van der Waals surface area contributed by atoms with Crippen LogP contribution in [0.3, 0.4) is 0 Å². The molecule has 0 fully saturated rings. The third-order valence-electron chi connectivity index (χ3n) is 28.0. The Balaban J connectivity index is 0.000000108. The van der Waals surface area contributed by atoms with Gasteiger partial charge < -0.3 is 13.3 Å². The van der Waals surface area contributed by atoms with Crippen molar-refractivity contribution in [2.24, 2.45) is 0 Å². The van der Waals surface area contributed by atoms with Crippen molar-refractivity contribution in [3.05, 3.63) is 491 Å². The summed E-state index contributed by atoms with van der Waals surface area (Å²) in [6.45, 7) is 0. The van der Waals surface area contributed by atoms with Crippen LogP contribution in [0.1, 0.15) is 0 Å². The monoisotopic (exact) mass is 1970 g/mol. The molecular formula is C135H81N9O3S3. The van der Waals surface area contributed by atoms with Gasteiger partial charge in [0.2, 0.25) is 0 Å². The second-order valence-electron chi connectivity index (χ2n) is 37.3. The largest absolute Gasteiger partial charge is 0.456 e. The molecule has 0 bridgehead atoms. The van der Waals surface area contributed by atoms with Gasteiger partial charge in [-0.05, 0) is 170 Å². The highest BCUT2D eigenvalue weighted by Crippen LogP contribution is 2.47. The molecule has 21 aromatic carbocycles. The maximum Gasteiger partial charge on any atom is 0.164 e. The molecule has 9 heterocycles. The Morgan fingerprint density at radius 1 is 0.120 bits per heavy atom. The first kappa shape index (κ1) is 88.4. The van der Waals surface area contributed by atoms with Crippen LogP contribution in [-0.4, -0.2) is 44.9 Å². The molecule has 0 saturated carbocycles.